The molecule has 7 heteroatoms. The van der Waals surface area contributed by atoms with E-state index < -0.39 is 0 Å². The van der Waals surface area contributed by atoms with Crippen LogP contribution in [0.3, 0.4) is 0 Å². The number of nitrogens with zero attached hydrogens (tertiary/aromatic N) is 2. The van der Waals surface area contributed by atoms with Crippen molar-refractivity contribution in [2.75, 3.05) is 25.1 Å². The van der Waals surface area contributed by atoms with Crippen molar-refractivity contribution in [1.29, 1.82) is 0 Å². The van der Waals surface area contributed by atoms with E-state index in [1.165, 1.54) is 0 Å². The van der Waals surface area contributed by atoms with Gasteiger partial charge in [-0.3, -0.25) is 10.00 Å². The Kier molecular flexibility index (Phi) is 6.68. The Bertz CT molecular complexity index is 693. The molecule has 25 heavy (non-hydrogen) atoms. The van der Waals surface area contributed by atoms with Gasteiger partial charge in [0.05, 0.1) is 13.2 Å². The van der Waals surface area contributed by atoms with Crippen LogP contribution in [0.2, 0.25) is 0 Å². The van der Waals surface area contributed by atoms with Gasteiger partial charge in [0.2, 0.25) is 0 Å². The molecular weight excluding hydrogens is 320 g/mol. The Balaban J connectivity index is 1.86. The molecule has 0 spiro atoms. The van der Waals surface area contributed by atoms with E-state index >= 15 is 0 Å². The number of hydrogen-bond acceptors (Lipinski definition) is 4. The van der Waals surface area contributed by atoms with Crippen LogP contribution in [-0.4, -0.2) is 35.6 Å². The molecule has 0 unspecified atom stereocenters. The second-order valence-corrected chi connectivity index (χ2v) is 5.57. The van der Waals surface area contributed by atoms with Crippen molar-refractivity contribution in [2.45, 2.75) is 27.2 Å². The average Bonchev–Trinajstić information content (AvgIpc) is 2.88. The molecule has 2 rings (SSSR count). The minimum atomic E-state index is -0.269. The molecule has 0 fully saturated rings. The Morgan fingerprint density at radius 3 is 2.52 bits per heavy atom. The number of carbonyl (C=O) groups excluding carboxylic acids is 1. The molecular formula is C18H26N4O3. The van der Waals surface area contributed by atoms with Gasteiger partial charge in [0, 0.05) is 25.4 Å². The number of carbonyl (C=O) groups is 1. The quantitative estimate of drug-likeness (QED) is 0.770. The minimum absolute atomic E-state index is 0.269. The second-order valence-electron chi connectivity index (χ2n) is 5.57. The van der Waals surface area contributed by atoms with Gasteiger partial charge in [0.15, 0.2) is 17.3 Å². The Hall–Kier alpha value is -2.70. The van der Waals surface area contributed by atoms with E-state index in [1.54, 1.807) is 4.68 Å². The van der Waals surface area contributed by atoms with E-state index in [9.17, 15) is 4.79 Å². The Morgan fingerprint density at radius 1 is 1.16 bits per heavy atom. The molecule has 2 aromatic rings. The van der Waals surface area contributed by atoms with Gasteiger partial charge in [-0.05, 0) is 44.9 Å². The Labute approximate surface area is 148 Å². The molecule has 0 aliphatic rings. The van der Waals surface area contributed by atoms with Gasteiger partial charge in [0.25, 0.3) is 0 Å². The highest BCUT2D eigenvalue weighted by Crippen LogP contribution is 2.28. The first-order valence-electron chi connectivity index (χ1n) is 8.47. The topological polar surface area (TPSA) is 77.4 Å². The zero-order chi connectivity index (χ0) is 18.2. The lowest BCUT2D eigenvalue weighted by atomic mass is 10.1. The second kappa shape index (κ2) is 8.96. The smallest absolute Gasteiger partial charge is 0.320 e. The summed E-state index contributed by atoms with van der Waals surface area (Å²) in [6, 6.07) is 7.39. The fourth-order valence-electron chi connectivity index (χ4n) is 2.35. The fourth-order valence-corrected chi connectivity index (χ4v) is 2.35. The van der Waals surface area contributed by atoms with Gasteiger partial charge in [-0.1, -0.05) is 6.07 Å². The van der Waals surface area contributed by atoms with E-state index in [-0.39, 0.29) is 6.03 Å². The zero-order valence-electron chi connectivity index (χ0n) is 15.3. The maximum Gasteiger partial charge on any atom is 0.320 e. The summed E-state index contributed by atoms with van der Waals surface area (Å²) in [7, 11) is 1.83. The fraction of sp³-hybridized carbons (Fsp3) is 0.444. The Morgan fingerprint density at radius 2 is 1.88 bits per heavy atom. The number of aryl methyl sites for hydroxylation is 2. The van der Waals surface area contributed by atoms with Crippen LogP contribution in [-0.2, 0) is 13.5 Å². The highest BCUT2D eigenvalue weighted by molar-refractivity contribution is 5.88. The van der Waals surface area contributed by atoms with Crippen LogP contribution in [0.15, 0.2) is 24.3 Å². The summed E-state index contributed by atoms with van der Waals surface area (Å²) in [5.74, 6) is 2.01. The van der Waals surface area contributed by atoms with Crippen LogP contribution in [0, 0.1) is 6.92 Å². The molecule has 2 amide bonds. The molecule has 7 nitrogen and oxygen atoms in total. The van der Waals surface area contributed by atoms with Crippen molar-refractivity contribution in [3.8, 4) is 11.5 Å². The van der Waals surface area contributed by atoms with Gasteiger partial charge in [0.1, 0.15) is 0 Å². The lowest BCUT2D eigenvalue weighted by Crippen LogP contribution is -2.30. The summed E-state index contributed by atoms with van der Waals surface area (Å²) in [4.78, 5) is 11.9. The van der Waals surface area contributed by atoms with Crippen LogP contribution in [0.4, 0.5) is 10.6 Å². The normalized spacial score (nSPS) is 10.4. The van der Waals surface area contributed by atoms with Crippen molar-refractivity contribution >= 4 is 11.8 Å². The third-order valence-electron chi connectivity index (χ3n) is 3.66. The van der Waals surface area contributed by atoms with Gasteiger partial charge < -0.3 is 14.8 Å². The van der Waals surface area contributed by atoms with Crippen molar-refractivity contribution < 1.29 is 14.3 Å². The number of rotatable bonds is 8. The molecule has 0 atom stereocenters. The van der Waals surface area contributed by atoms with Crippen LogP contribution in [0.5, 0.6) is 11.5 Å². The number of hydrogen-bond donors (Lipinski definition) is 2. The first-order chi connectivity index (χ1) is 12.0. The summed E-state index contributed by atoms with van der Waals surface area (Å²) in [5, 5.41) is 9.74. The molecule has 0 aliphatic carbocycles. The number of ether oxygens (including phenoxy) is 2. The lowest BCUT2D eigenvalue weighted by molar-refractivity contribution is 0.252. The molecule has 0 radical (unpaired) electrons. The van der Waals surface area contributed by atoms with Crippen molar-refractivity contribution in [1.82, 2.24) is 15.1 Å². The lowest BCUT2D eigenvalue weighted by Gasteiger charge is -2.12. The van der Waals surface area contributed by atoms with E-state index in [0.29, 0.717) is 32.0 Å². The molecule has 1 aromatic heterocycles. The predicted octanol–water partition coefficient (Wildman–Crippen LogP) is 2.89. The molecule has 0 aliphatic heterocycles. The van der Waals surface area contributed by atoms with Crippen LogP contribution >= 0.6 is 0 Å². The largest absolute Gasteiger partial charge is 0.490 e. The highest BCUT2D eigenvalue weighted by Gasteiger charge is 2.08. The third kappa shape index (κ3) is 5.41. The first kappa shape index (κ1) is 18.6. The van der Waals surface area contributed by atoms with Gasteiger partial charge in [-0.15, -0.1) is 0 Å². The van der Waals surface area contributed by atoms with E-state index in [0.717, 1.165) is 22.8 Å². The SMILES string of the molecule is CCOc1ccc(CCNC(=O)Nc2cc(C)n(C)n2)cc1OCC. The molecule has 1 aromatic carbocycles. The monoisotopic (exact) mass is 346 g/mol. The third-order valence-corrected chi connectivity index (χ3v) is 3.66. The number of benzene rings is 1. The number of amides is 2. The molecule has 0 saturated heterocycles. The standard InChI is InChI=1S/C18H26N4O3/c1-5-24-15-8-7-14(12-16(15)25-6-2)9-10-19-18(23)20-17-11-13(3)22(4)21-17/h7-8,11-12H,5-6,9-10H2,1-4H3,(H2,19,20,21,23). The summed E-state index contributed by atoms with van der Waals surface area (Å²) in [5.41, 5.74) is 2.05. The first-order valence-corrected chi connectivity index (χ1v) is 8.47. The molecule has 0 saturated carbocycles. The van der Waals surface area contributed by atoms with Gasteiger partial charge in [-0.2, -0.15) is 5.10 Å². The van der Waals surface area contributed by atoms with Crippen LogP contribution in [0.25, 0.3) is 0 Å². The summed E-state index contributed by atoms with van der Waals surface area (Å²) in [6.07, 6.45) is 0.696. The number of anilines is 1. The van der Waals surface area contributed by atoms with Crippen LogP contribution in [0.1, 0.15) is 25.1 Å². The van der Waals surface area contributed by atoms with Gasteiger partial charge >= 0.3 is 6.03 Å². The maximum absolute atomic E-state index is 11.9. The van der Waals surface area contributed by atoms with Crippen molar-refractivity contribution in [2.24, 2.45) is 7.05 Å². The number of aromatic nitrogens is 2. The molecule has 0 bridgehead atoms. The molecule has 1 heterocycles. The molecule has 136 valence electrons. The van der Waals surface area contributed by atoms with Gasteiger partial charge in [-0.25, -0.2) is 4.79 Å². The minimum Gasteiger partial charge on any atom is -0.490 e. The maximum atomic E-state index is 11.9. The number of urea groups is 1. The number of nitrogens with one attached hydrogen (secondary N) is 2. The summed E-state index contributed by atoms with van der Waals surface area (Å²) < 4.78 is 12.9. The summed E-state index contributed by atoms with van der Waals surface area (Å²) in [6.45, 7) is 7.49. The predicted molar refractivity (Wildman–Crippen MR) is 97.5 cm³/mol. The highest BCUT2D eigenvalue weighted by atomic mass is 16.5. The van der Waals surface area contributed by atoms with Crippen molar-refractivity contribution in [3.63, 3.8) is 0 Å². The van der Waals surface area contributed by atoms with E-state index in [2.05, 4.69) is 15.7 Å². The zero-order valence-corrected chi connectivity index (χ0v) is 15.3. The molecule has 2 N–H and O–H groups in total. The summed E-state index contributed by atoms with van der Waals surface area (Å²) >= 11 is 0. The average molecular weight is 346 g/mol. The van der Waals surface area contributed by atoms with Crippen molar-refractivity contribution in [3.05, 3.63) is 35.5 Å². The van der Waals surface area contributed by atoms with Crippen LogP contribution < -0.4 is 20.1 Å². The van der Waals surface area contributed by atoms with E-state index in [1.807, 2.05) is 52.1 Å². The van der Waals surface area contributed by atoms with E-state index in [4.69, 9.17) is 9.47 Å².